The van der Waals surface area contributed by atoms with Crippen LogP contribution in [0.4, 0.5) is 0 Å². The van der Waals surface area contributed by atoms with Gasteiger partial charge in [0.25, 0.3) is 5.70 Å². The van der Waals surface area contributed by atoms with Crippen molar-refractivity contribution in [1.82, 2.24) is 0 Å². The van der Waals surface area contributed by atoms with E-state index in [-0.39, 0.29) is 32.1 Å². The van der Waals surface area contributed by atoms with Gasteiger partial charge in [0.1, 0.15) is 37.9 Å². The molecule has 1 aliphatic heterocycles. The Hall–Kier alpha value is -3.34. The lowest BCUT2D eigenvalue weighted by Gasteiger charge is -2.16. The minimum absolute atomic E-state index is 0.0272. The number of rotatable bonds is 10. The number of ether oxygens (including phenoxy) is 4. The highest BCUT2D eigenvalue weighted by Gasteiger charge is 2.30. The van der Waals surface area contributed by atoms with Gasteiger partial charge in [-0.25, -0.2) is 19.7 Å². The molecular weight excluding hydrogens is 440 g/mol. The van der Waals surface area contributed by atoms with Crippen LogP contribution in [0.15, 0.2) is 51.1 Å². The number of fused-ring (bicyclic) bond motifs is 1. The highest BCUT2D eigenvalue weighted by Crippen LogP contribution is 2.59. The van der Waals surface area contributed by atoms with Crippen LogP contribution in [0.3, 0.4) is 0 Å². The van der Waals surface area contributed by atoms with Gasteiger partial charge in [-0.05, 0) is 18.6 Å². The van der Waals surface area contributed by atoms with Crippen molar-refractivity contribution in [2.45, 2.75) is 16.7 Å². The number of nitrogens with zero attached hydrogens (tertiary/aromatic N) is 2. The molecule has 0 N–H and O–H groups in total. The first-order chi connectivity index (χ1) is 14.9. The molecule has 0 spiro atoms. The van der Waals surface area contributed by atoms with Gasteiger partial charge in [0, 0.05) is 12.2 Å². The largest absolute Gasteiger partial charge is 0.489 e. The number of aryl methyl sites for hydroxylation is 1. The van der Waals surface area contributed by atoms with E-state index >= 15 is 0 Å². The normalized spacial score (nSPS) is 13.1. The van der Waals surface area contributed by atoms with Crippen LogP contribution in [0.2, 0.25) is 0 Å². The van der Waals surface area contributed by atoms with Crippen LogP contribution >= 0.6 is 23.5 Å². The summed E-state index contributed by atoms with van der Waals surface area (Å²) in [5.41, 5.74) is 0.725. The second-order valence-corrected chi connectivity index (χ2v) is 7.98. The fourth-order valence-electron chi connectivity index (χ4n) is 2.31. The smallest absolute Gasteiger partial charge is 0.330 e. The summed E-state index contributed by atoms with van der Waals surface area (Å²) >= 11 is 2.48. The molecule has 0 radical (unpaired) electrons. The van der Waals surface area contributed by atoms with Crippen LogP contribution in [-0.2, 0) is 19.1 Å². The lowest BCUT2D eigenvalue weighted by Crippen LogP contribution is -2.12. The Morgan fingerprint density at radius 1 is 1.10 bits per heavy atom. The quantitative estimate of drug-likeness (QED) is 0.169. The minimum Gasteiger partial charge on any atom is -0.489 e. The van der Waals surface area contributed by atoms with Gasteiger partial charge in [-0.2, -0.15) is 0 Å². The fourth-order valence-corrected chi connectivity index (χ4v) is 4.89. The van der Waals surface area contributed by atoms with E-state index in [1.165, 1.54) is 23.5 Å². The van der Waals surface area contributed by atoms with E-state index in [9.17, 15) is 14.9 Å². The molecule has 0 amide bonds. The van der Waals surface area contributed by atoms with Crippen molar-refractivity contribution in [2.24, 2.45) is 0 Å². The summed E-state index contributed by atoms with van der Waals surface area (Å²) in [6.45, 7) is 16.0. The second-order valence-electron chi connectivity index (χ2n) is 5.68. The second kappa shape index (κ2) is 11.7. The van der Waals surface area contributed by atoms with Crippen molar-refractivity contribution in [2.75, 3.05) is 26.4 Å². The van der Waals surface area contributed by atoms with E-state index < -0.39 is 11.9 Å². The van der Waals surface area contributed by atoms with Gasteiger partial charge in [0.2, 0.25) is 0 Å². The van der Waals surface area contributed by atoms with Crippen LogP contribution in [0, 0.1) is 24.8 Å². The summed E-state index contributed by atoms with van der Waals surface area (Å²) in [5.74, 6) is -0.0266. The van der Waals surface area contributed by atoms with Gasteiger partial charge in [0.15, 0.2) is 0 Å². The molecule has 0 atom stereocenters. The molecule has 8 nitrogen and oxygen atoms in total. The Kier molecular flexibility index (Phi) is 9.07. The SMILES string of the molecule is [C-]#[N+]/C(C#N)=C1\Sc2c(OCCOC(=O)C=C)cc(C)c(OCCOC(=O)C=C)c2S1. The van der Waals surface area contributed by atoms with Crippen molar-refractivity contribution in [3.8, 4) is 17.6 Å². The van der Waals surface area contributed by atoms with E-state index in [1.807, 2.05) is 13.0 Å². The average Bonchev–Trinajstić information content (AvgIpc) is 3.21. The number of hydrogen-bond donors (Lipinski definition) is 0. The molecule has 1 aliphatic rings. The number of thioether (sulfide) groups is 2. The highest BCUT2D eigenvalue weighted by molar-refractivity contribution is 8.24. The first kappa shape index (κ1) is 23.9. The summed E-state index contributed by atoms with van der Waals surface area (Å²) < 4.78 is 22.0. The number of carbonyl (C=O) groups is 2. The van der Waals surface area contributed by atoms with Crippen LogP contribution in [-0.4, -0.2) is 38.4 Å². The number of benzene rings is 1. The minimum atomic E-state index is -0.545. The highest BCUT2D eigenvalue weighted by atomic mass is 32.2. The third kappa shape index (κ3) is 6.32. The Labute approximate surface area is 188 Å². The van der Waals surface area contributed by atoms with Crippen molar-refractivity contribution < 1.29 is 28.5 Å². The molecule has 0 saturated carbocycles. The fraction of sp³-hybridized carbons (Fsp3) is 0.238. The Morgan fingerprint density at radius 2 is 1.68 bits per heavy atom. The number of nitriles is 1. The van der Waals surface area contributed by atoms with E-state index in [2.05, 4.69) is 18.0 Å². The summed E-state index contributed by atoms with van der Waals surface area (Å²) in [6, 6.07) is 3.66. The van der Waals surface area contributed by atoms with Crippen LogP contribution in [0.25, 0.3) is 4.85 Å². The van der Waals surface area contributed by atoms with Crippen molar-refractivity contribution in [1.29, 1.82) is 5.26 Å². The molecule has 1 heterocycles. The molecule has 0 saturated heterocycles. The summed E-state index contributed by atoms with van der Waals surface area (Å²) in [7, 11) is 0. The molecule has 0 aliphatic carbocycles. The van der Waals surface area contributed by atoms with E-state index in [0.717, 1.165) is 17.7 Å². The van der Waals surface area contributed by atoms with Gasteiger partial charge < -0.3 is 18.9 Å². The standard InChI is InChI=1S/C21H18N2O6S2/c1-5-16(24)27-8-7-26-15-11-13(3)18(29-10-9-28-17(25)6-2)20-19(15)30-21(31-20)14(12-22)23-4/h5-6,11H,1-2,7-10H2,3H3/b21-14+. The predicted octanol–water partition coefficient (Wildman–Crippen LogP) is 4.02. The first-order valence-corrected chi connectivity index (χ1v) is 10.5. The molecule has 1 aromatic rings. The topological polar surface area (TPSA) is 99.2 Å². The molecule has 10 heteroatoms. The monoisotopic (exact) mass is 458 g/mol. The van der Waals surface area contributed by atoms with Crippen molar-refractivity contribution in [3.63, 3.8) is 0 Å². The lowest BCUT2D eigenvalue weighted by atomic mass is 10.2. The predicted molar refractivity (Wildman–Crippen MR) is 115 cm³/mol. The molecule has 0 unspecified atom stereocenters. The number of hydrogen-bond acceptors (Lipinski definition) is 9. The number of allylic oxidation sites excluding steroid dienone is 1. The molecule has 160 valence electrons. The molecule has 0 bridgehead atoms. The molecule has 0 aromatic heterocycles. The maximum atomic E-state index is 11.2. The first-order valence-electron chi connectivity index (χ1n) is 8.84. The Balaban J connectivity index is 2.25. The van der Waals surface area contributed by atoms with Crippen molar-refractivity contribution >= 4 is 35.5 Å². The molecule has 31 heavy (non-hydrogen) atoms. The van der Waals surface area contributed by atoms with E-state index in [0.29, 0.717) is 25.5 Å². The van der Waals surface area contributed by atoms with E-state index in [4.69, 9.17) is 25.5 Å². The molecular formula is C21H18N2O6S2. The lowest BCUT2D eigenvalue weighted by molar-refractivity contribution is -0.139. The average molecular weight is 459 g/mol. The maximum absolute atomic E-state index is 11.2. The van der Waals surface area contributed by atoms with Gasteiger partial charge >= 0.3 is 11.9 Å². The summed E-state index contributed by atoms with van der Waals surface area (Å²) in [5, 5.41) is 9.23. The molecule has 0 fully saturated rings. The van der Waals surface area contributed by atoms with Gasteiger partial charge in [-0.1, -0.05) is 36.7 Å². The van der Waals surface area contributed by atoms with Crippen LogP contribution in [0.5, 0.6) is 11.5 Å². The summed E-state index contributed by atoms with van der Waals surface area (Å²) in [6.07, 6.45) is 2.14. The molecule has 2 rings (SSSR count). The summed E-state index contributed by atoms with van der Waals surface area (Å²) in [4.78, 5) is 27.0. The Morgan fingerprint density at radius 3 is 2.23 bits per heavy atom. The third-order valence-corrected chi connectivity index (χ3v) is 6.22. The van der Waals surface area contributed by atoms with E-state index in [1.54, 1.807) is 6.07 Å². The van der Waals surface area contributed by atoms with Gasteiger partial charge in [-0.3, -0.25) is 0 Å². The zero-order chi connectivity index (χ0) is 22.8. The third-order valence-electron chi connectivity index (χ3n) is 3.64. The van der Waals surface area contributed by atoms with Crippen molar-refractivity contribution in [3.05, 3.63) is 58.3 Å². The van der Waals surface area contributed by atoms with Crippen LogP contribution in [0.1, 0.15) is 5.56 Å². The molecule has 1 aromatic carbocycles. The zero-order valence-electron chi connectivity index (χ0n) is 16.6. The van der Waals surface area contributed by atoms with Gasteiger partial charge in [0.05, 0.1) is 26.7 Å². The maximum Gasteiger partial charge on any atom is 0.330 e. The Bertz CT molecular complexity index is 1000. The van der Waals surface area contributed by atoms with Crippen LogP contribution < -0.4 is 9.47 Å². The van der Waals surface area contributed by atoms with Gasteiger partial charge in [-0.15, -0.1) is 0 Å². The zero-order valence-corrected chi connectivity index (χ0v) is 18.3. The number of carbonyl (C=O) groups excluding carboxylic acids is 2. The number of esters is 2.